The van der Waals surface area contributed by atoms with E-state index in [9.17, 15) is 14.4 Å². The molecule has 0 aromatic heterocycles. The van der Waals surface area contributed by atoms with Crippen molar-refractivity contribution in [1.29, 1.82) is 0 Å². The van der Waals surface area contributed by atoms with Crippen LogP contribution in [0, 0.1) is 5.41 Å². The summed E-state index contributed by atoms with van der Waals surface area (Å²) in [6, 6.07) is -0.643. The Morgan fingerprint density at radius 2 is 1.95 bits per heavy atom. The van der Waals surface area contributed by atoms with E-state index in [1.807, 2.05) is 6.92 Å². The molecule has 6 nitrogen and oxygen atoms in total. The molecule has 0 aromatic carbocycles. The SMILES string of the molecule is CCC(C)(C)C(=O)C(=O)N1CCCCC1C(=O)OCCCN. The topological polar surface area (TPSA) is 89.7 Å². The first-order chi connectivity index (χ1) is 10.3. The second-order valence-corrected chi connectivity index (χ2v) is 6.39. The second kappa shape index (κ2) is 8.27. The van der Waals surface area contributed by atoms with Crippen LogP contribution in [-0.4, -0.2) is 48.3 Å². The summed E-state index contributed by atoms with van der Waals surface area (Å²) in [7, 11) is 0. The Bertz CT molecular complexity index is 420. The van der Waals surface area contributed by atoms with Gasteiger partial charge in [-0.15, -0.1) is 0 Å². The molecule has 1 aliphatic rings. The number of ketones is 1. The number of nitrogens with two attached hydrogens (primary N) is 1. The molecule has 1 atom stereocenters. The van der Waals surface area contributed by atoms with Crippen LogP contribution in [0.15, 0.2) is 0 Å². The van der Waals surface area contributed by atoms with E-state index in [0.717, 1.165) is 12.8 Å². The highest BCUT2D eigenvalue weighted by atomic mass is 16.5. The van der Waals surface area contributed by atoms with Crippen LogP contribution in [0.2, 0.25) is 0 Å². The fraction of sp³-hybridized carbons (Fsp3) is 0.812. The second-order valence-electron chi connectivity index (χ2n) is 6.39. The summed E-state index contributed by atoms with van der Waals surface area (Å²) in [5, 5.41) is 0. The summed E-state index contributed by atoms with van der Waals surface area (Å²) in [6.45, 7) is 6.52. The Kier molecular flexibility index (Phi) is 7.00. The van der Waals surface area contributed by atoms with Crippen molar-refractivity contribution in [2.45, 2.75) is 58.9 Å². The number of hydrogen-bond donors (Lipinski definition) is 1. The van der Waals surface area contributed by atoms with E-state index >= 15 is 0 Å². The lowest BCUT2D eigenvalue weighted by atomic mass is 9.84. The normalized spacial score (nSPS) is 18.9. The van der Waals surface area contributed by atoms with Gasteiger partial charge in [0.2, 0.25) is 5.78 Å². The van der Waals surface area contributed by atoms with E-state index in [1.165, 1.54) is 4.90 Å². The zero-order valence-electron chi connectivity index (χ0n) is 13.9. The van der Waals surface area contributed by atoms with E-state index in [0.29, 0.717) is 32.4 Å². The van der Waals surface area contributed by atoms with Gasteiger partial charge in [0.15, 0.2) is 0 Å². The number of esters is 1. The van der Waals surface area contributed by atoms with E-state index in [1.54, 1.807) is 13.8 Å². The first-order valence-corrected chi connectivity index (χ1v) is 8.07. The minimum Gasteiger partial charge on any atom is -0.464 e. The number of rotatable bonds is 7. The Balaban J connectivity index is 2.78. The van der Waals surface area contributed by atoms with Gasteiger partial charge in [-0.2, -0.15) is 0 Å². The van der Waals surface area contributed by atoms with Crippen LogP contribution in [-0.2, 0) is 19.1 Å². The Morgan fingerprint density at radius 3 is 2.55 bits per heavy atom. The van der Waals surface area contributed by atoms with Gasteiger partial charge in [0.25, 0.3) is 5.91 Å². The zero-order valence-corrected chi connectivity index (χ0v) is 13.9. The van der Waals surface area contributed by atoms with Crippen LogP contribution in [0.3, 0.4) is 0 Å². The quantitative estimate of drug-likeness (QED) is 0.434. The first-order valence-electron chi connectivity index (χ1n) is 8.07. The van der Waals surface area contributed by atoms with Crippen molar-refractivity contribution in [3.8, 4) is 0 Å². The van der Waals surface area contributed by atoms with Gasteiger partial charge in [-0.3, -0.25) is 9.59 Å². The maximum Gasteiger partial charge on any atom is 0.328 e. The molecule has 126 valence electrons. The summed E-state index contributed by atoms with van der Waals surface area (Å²) >= 11 is 0. The molecule has 0 bridgehead atoms. The number of amides is 1. The predicted octanol–water partition coefficient (Wildman–Crippen LogP) is 1.26. The molecule has 1 saturated heterocycles. The van der Waals surface area contributed by atoms with Crippen molar-refractivity contribution in [2.75, 3.05) is 19.7 Å². The third kappa shape index (κ3) is 4.53. The molecule has 1 aliphatic heterocycles. The summed E-state index contributed by atoms with van der Waals surface area (Å²) < 4.78 is 5.17. The number of nitrogens with zero attached hydrogens (tertiary/aromatic N) is 1. The molecule has 0 aliphatic carbocycles. The lowest BCUT2D eigenvalue weighted by Gasteiger charge is -2.35. The standard InChI is InChI=1S/C16H28N2O4/c1-4-16(2,3)13(19)14(20)18-10-6-5-8-12(18)15(21)22-11-7-9-17/h12H,4-11,17H2,1-3H3. The summed E-state index contributed by atoms with van der Waals surface area (Å²) in [5.41, 5.74) is 4.67. The Labute approximate surface area is 132 Å². The molecule has 0 aromatic rings. The summed E-state index contributed by atoms with van der Waals surface area (Å²) in [5.74, 6) is -1.42. The molecule has 0 spiro atoms. The van der Waals surface area contributed by atoms with E-state index < -0.39 is 29.1 Å². The molecule has 0 saturated carbocycles. The average molecular weight is 312 g/mol. The highest BCUT2D eigenvalue weighted by Crippen LogP contribution is 2.25. The Morgan fingerprint density at radius 1 is 1.27 bits per heavy atom. The Hall–Kier alpha value is -1.43. The summed E-state index contributed by atoms with van der Waals surface area (Å²) in [4.78, 5) is 38.4. The number of carbonyl (C=O) groups is 3. The molecule has 1 fully saturated rings. The largest absolute Gasteiger partial charge is 0.464 e. The van der Waals surface area contributed by atoms with Crippen molar-refractivity contribution in [1.82, 2.24) is 4.90 Å². The zero-order chi connectivity index (χ0) is 16.8. The lowest BCUT2D eigenvalue weighted by molar-refractivity contribution is -0.161. The average Bonchev–Trinajstić information content (AvgIpc) is 2.53. The van der Waals surface area contributed by atoms with Crippen LogP contribution < -0.4 is 5.73 Å². The number of ether oxygens (including phenoxy) is 1. The van der Waals surface area contributed by atoms with Crippen LogP contribution in [0.5, 0.6) is 0 Å². The molecule has 22 heavy (non-hydrogen) atoms. The van der Waals surface area contributed by atoms with Crippen LogP contribution in [0.1, 0.15) is 52.9 Å². The molecule has 6 heteroatoms. The van der Waals surface area contributed by atoms with Crippen molar-refractivity contribution in [2.24, 2.45) is 11.1 Å². The fourth-order valence-electron chi connectivity index (χ4n) is 2.35. The predicted molar refractivity (Wildman–Crippen MR) is 83.1 cm³/mol. The third-order valence-corrected chi connectivity index (χ3v) is 4.32. The third-order valence-electron chi connectivity index (χ3n) is 4.32. The molecule has 1 unspecified atom stereocenters. The van der Waals surface area contributed by atoms with Gasteiger partial charge in [0.1, 0.15) is 6.04 Å². The molecule has 1 amide bonds. The smallest absolute Gasteiger partial charge is 0.328 e. The number of piperidine rings is 1. The van der Waals surface area contributed by atoms with Crippen molar-refractivity contribution in [3.63, 3.8) is 0 Å². The molecule has 1 heterocycles. The maximum absolute atomic E-state index is 12.5. The van der Waals surface area contributed by atoms with Crippen molar-refractivity contribution < 1.29 is 19.1 Å². The number of likely N-dealkylation sites (tertiary alicyclic amines) is 1. The minimum atomic E-state index is -0.706. The van der Waals surface area contributed by atoms with Gasteiger partial charge < -0.3 is 15.4 Å². The maximum atomic E-state index is 12.5. The van der Waals surface area contributed by atoms with E-state index in [-0.39, 0.29) is 6.61 Å². The number of carbonyl (C=O) groups excluding carboxylic acids is 3. The van der Waals surface area contributed by atoms with Crippen molar-refractivity contribution >= 4 is 17.7 Å². The minimum absolute atomic E-state index is 0.252. The first kappa shape index (κ1) is 18.6. The van der Waals surface area contributed by atoms with Gasteiger partial charge in [-0.25, -0.2) is 4.79 Å². The van der Waals surface area contributed by atoms with Gasteiger partial charge in [0, 0.05) is 12.0 Å². The van der Waals surface area contributed by atoms with E-state index in [4.69, 9.17) is 10.5 Å². The lowest BCUT2D eigenvalue weighted by Crippen LogP contribution is -2.53. The van der Waals surface area contributed by atoms with Gasteiger partial charge >= 0.3 is 5.97 Å². The molecule has 0 radical (unpaired) electrons. The number of hydrogen-bond acceptors (Lipinski definition) is 5. The highest BCUT2D eigenvalue weighted by molar-refractivity contribution is 6.38. The molecule has 2 N–H and O–H groups in total. The molecule has 1 rings (SSSR count). The van der Waals surface area contributed by atoms with Gasteiger partial charge in [0.05, 0.1) is 6.61 Å². The van der Waals surface area contributed by atoms with Crippen LogP contribution >= 0.6 is 0 Å². The molecular weight excluding hydrogens is 284 g/mol. The summed E-state index contributed by atoms with van der Waals surface area (Å²) in [6.07, 6.45) is 3.38. The van der Waals surface area contributed by atoms with Gasteiger partial charge in [-0.05, 0) is 38.6 Å². The van der Waals surface area contributed by atoms with Crippen LogP contribution in [0.25, 0.3) is 0 Å². The number of Topliss-reactive ketones (excluding diaryl/α,β-unsaturated/α-hetero) is 1. The van der Waals surface area contributed by atoms with Crippen molar-refractivity contribution in [3.05, 3.63) is 0 Å². The van der Waals surface area contributed by atoms with Crippen LogP contribution in [0.4, 0.5) is 0 Å². The fourth-order valence-corrected chi connectivity index (χ4v) is 2.35. The monoisotopic (exact) mass is 312 g/mol. The molecular formula is C16H28N2O4. The van der Waals surface area contributed by atoms with E-state index in [2.05, 4.69) is 0 Å². The highest BCUT2D eigenvalue weighted by Gasteiger charge is 2.40. The van der Waals surface area contributed by atoms with Gasteiger partial charge in [-0.1, -0.05) is 20.8 Å².